The van der Waals surface area contributed by atoms with Crippen LogP contribution in [0.25, 0.3) is 0 Å². The van der Waals surface area contributed by atoms with Crippen LogP contribution in [0.15, 0.2) is 16.4 Å². The summed E-state index contributed by atoms with van der Waals surface area (Å²) in [6.45, 7) is 1.97. The Morgan fingerprint density at radius 3 is 2.15 bits per heavy atom. The molecule has 0 unspecified atom stereocenters. The lowest BCUT2D eigenvalue weighted by atomic mass is 10.1. The van der Waals surface area contributed by atoms with Crippen LogP contribution in [0.3, 0.4) is 0 Å². The standard InChI is InChI=1S/C8H16N4O/c1-3-4-5(9)6(10)7(12-2)8(11)13/h3-4,9-10H2,1-2H3,(H2,11,13). The van der Waals surface area contributed by atoms with Gasteiger partial charge in [0.25, 0.3) is 5.91 Å². The van der Waals surface area contributed by atoms with Crippen molar-refractivity contribution >= 4 is 11.6 Å². The van der Waals surface area contributed by atoms with E-state index >= 15 is 0 Å². The third-order valence-electron chi connectivity index (χ3n) is 1.58. The highest BCUT2D eigenvalue weighted by molar-refractivity contribution is 6.44. The summed E-state index contributed by atoms with van der Waals surface area (Å²) in [5.41, 5.74) is 16.9. The first-order valence-corrected chi connectivity index (χ1v) is 4.05. The summed E-state index contributed by atoms with van der Waals surface area (Å²) < 4.78 is 0. The minimum Gasteiger partial charge on any atom is -0.400 e. The van der Waals surface area contributed by atoms with Gasteiger partial charge in [-0.25, -0.2) is 0 Å². The van der Waals surface area contributed by atoms with Crippen LogP contribution in [0.4, 0.5) is 0 Å². The van der Waals surface area contributed by atoms with E-state index in [0.29, 0.717) is 12.1 Å². The molecule has 0 rings (SSSR count). The Hall–Kier alpha value is -1.52. The maximum Gasteiger partial charge on any atom is 0.269 e. The number of primary amides is 1. The smallest absolute Gasteiger partial charge is 0.269 e. The highest BCUT2D eigenvalue weighted by atomic mass is 16.1. The van der Waals surface area contributed by atoms with E-state index in [0.717, 1.165) is 6.42 Å². The number of allylic oxidation sites excluding steroid dienone is 1. The van der Waals surface area contributed by atoms with E-state index in [1.165, 1.54) is 7.05 Å². The minimum absolute atomic E-state index is 0.0472. The summed E-state index contributed by atoms with van der Waals surface area (Å²) in [4.78, 5) is 14.5. The second-order valence-corrected chi connectivity index (χ2v) is 2.63. The molecule has 0 fully saturated rings. The van der Waals surface area contributed by atoms with Crippen LogP contribution >= 0.6 is 0 Å². The molecular weight excluding hydrogens is 168 g/mol. The second kappa shape index (κ2) is 5.18. The Kier molecular flexibility index (Phi) is 4.58. The fourth-order valence-electron chi connectivity index (χ4n) is 0.919. The first-order valence-electron chi connectivity index (χ1n) is 4.05. The van der Waals surface area contributed by atoms with Crippen molar-refractivity contribution in [3.05, 3.63) is 11.4 Å². The number of carbonyl (C=O) groups excluding carboxylic acids is 1. The van der Waals surface area contributed by atoms with E-state index < -0.39 is 5.91 Å². The summed E-state index contributed by atoms with van der Waals surface area (Å²) >= 11 is 0. The van der Waals surface area contributed by atoms with Crippen LogP contribution in [-0.2, 0) is 4.79 Å². The number of carbonyl (C=O) groups is 1. The molecule has 74 valence electrons. The second-order valence-electron chi connectivity index (χ2n) is 2.63. The van der Waals surface area contributed by atoms with Crippen LogP contribution in [-0.4, -0.2) is 18.7 Å². The third-order valence-corrected chi connectivity index (χ3v) is 1.58. The van der Waals surface area contributed by atoms with Crippen molar-refractivity contribution in [2.45, 2.75) is 19.8 Å². The van der Waals surface area contributed by atoms with Gasteiger partial charge in [-0.15, -0.1) is 0 Å². The Morgan fingerprint density at radius 2 is 1.85 bits per heavy atom. The molecule has 0 heterocycles. The largest absolute Gasteiger partial charge is 0.400 e. The van der Waals surface area contributed by atoms with Gasteiger partial charge in [-0.05, 0) is 6.42 Å². The molecule has 0 aliphatic rings. The molecular formula is C8H16N4O. The van der Waals surface area contributed by atoms with Gasteiger partial charge in [0.05, 0.1) is 5.70 Å². The van der Waals surface area contributed by atoms with Crippen LogP contribution in [0.5, 0.6) is 0 Å². The Labute approximate surface area is 77.7 Å². The van der Waals surface area contributed by atoms with Crippen molar-refractivity contribution in [1.82, 2.24) is 0 Å². The van der Waals surface area contributed by atoms with Gasteiger partial charge >= 0.3 is 0 Å². The van der Waals surface area contributed by atoms with Crippen LogP contribution in [0, 0.1) is 0 Å². The van der Waals surface area contributed by atoms with E-state index in [-0.39, 0.29) is 11.4 Å². The zero-order valence-electron chi connectivity index (χ0n) is 8.00. The van der Waals surface area contributed by atoms with E-state index in [9.17, 15) is 4.79 Å². The Morgan fingerprint density at radius 1 is 1.31 bits per heavy atom. The summed E-state index contributed by atoms with van der Waals surface area (Å²) in [6, 6.07) is 0. The zero-order chi connectivity index (χ0) is 10.4. The van der Waals surface area contributed by atoms with Gasteiger partial charge in [-0.3, -0.25) is 9.79 Å². The number of amides is 1. The first kappa shape index (κ1) is 11.5. The molecule has 0 spiro atoms. The molecule has 0 atom stereocenters. The van der Waals surface area contributed by atoms with Gasteiger partial charge in [-0.2, -0.15) is 0 Å². The molecule has 0 aromatic carbocycles. The highest BCUT2D eigenvalue weighted by Crippen LogP contribution is 2.02. The topological polar surface area (TPSA) is 107 Å². The van der Waals surface area contributed by atoms with Crippen molar-refractivity contribution in [1.29, 1.82) is 0 Å². The quantitative estimate of drug-likeness (QED) is 0.511. The van der Waals surface area contributed by atoms with Crippen molar-refractivity contribution in [3.8, 4) is 0 Å². The van der Waals surface area contributed by atoms with E-state index in [2.05, 4.69) is 4.99 Å². The number of rotatable bonds is 4. The lowest BCUT2D eigenvalue weighted by molar-refractivity contribution is -0.111. The summed E-state index contributed by atoms with van der Waals surface area (Å²) in [5.74, 6) is -0.654. The molecule has 5 nitrogen and oxygen atoms in total. The third kappa shape index (κ3) is 3.14. The molecule has 6 N–H and O–H groups in total. The molecule has 13 heavy (non-hydrogen) atoms. The normalized spacial score (nSPS) is 13.8. The van der Waals surface area contributed by atoms with Crippen LogP contribution < -0.4 is 17.2 Å². The number of nitrogens with two attached hydrogens (primary N) is 3. The number of aliphatic imine (C=N–C) groups is 1. The number of hydrogen-bond acceptors (Lipinski definition) is 4. The van der Waals surface area contributed by atoms with Gasteiger partial charge < -0.3 is 17.2 Å². The molecule has 0 saturated carbocycles. The molecule has 0 radical (unpaired) electrons. The predicted octanol–water partition coefficient (Wildman–Crippen LogP) is -0.528. The molecule has 0 bridgehead atoms. The van der Waals surface area contributed by atoms with Crippen molar-refractivity contribution in [2.75, 3.05) is 7.05 Å². The lowest BCUT2D eigenvalue weighted by Gasteiger charge is -2.06. The van der Waals surface area contributed by atoms with Crippen LogP contribution in [0.2, 0.25) is 0 Å². The molecule has 0 aromatic rings. The Bertz CT molecular complexity index is 255. The van der Waals surface area contributed by atoms with Crippen molar-refractivity contribution < 1.29 is 4.79 Å². The van der Waals surface area contributed by atoms with Gasteiger partial charge in [0.15, 0.2) is 0 Å². The van der Waals surface area contributed by atoms with Crippen molar-refractivity contribution in [2.24, 2.45) is 22.2 Å². The SMILES string of the molecule is CCCC(N)=C(N)C(=NC)C(N)=O. The van der Waals surface area contributed by atoms with Gasteiger partial charge in [0.2, 0.25) is 0 Å². The molecule has 1 amide bonds. The fraction of sp³-hybridized carbons (Fsp3) is 0.500. The summed E-state index contributed by atoms with van der Waals surface area (Å²) in [5, 5.41) is 0. The van der Waals surface area contributed by atoms with Crippen molar-refractivity contribution in [3.63, 3.8) is 0 Å². The monoisotopic (exact) mass is 184 g/mol. The maximum absolute atomic E-state index is 10.8. The summed E-state index contributed by atoms with van der Waals surface area (Å²) in [6.07, 6.45) is 1.50. The number of nitrogens with zero attached hydrogens (tertiary/aromatic N) is 1. The summed E-state index contributed by atoms with van der Waals surface area (Å²) in [7, 11) is 1.45. The average molecular weight is 184 g/mol. The van der Waals surface area contributed by atoms with E-state index in [1.54, 1.807) is 0 Å². The Balaban J connectivity index is 4.83. The molecule has 5 heteroatoms. The van der Waals surface area contributed by atoms with Crippen LogP contribution in [0.1, 0.15) is 19.8 Å². The molecule has 0 saturated heterocycles. The van der Waals surface area contributed by atoms with Gasteiger partial charge in [-0.1, -0.05) is 13.3 Å². The lowest BCUT2D eigenvalue weighted by Crippen LogP contribution is -2.30. The average Bonchev–Trinajstić information content (AvgIpc) is 2.05. The number of hydrogen-bond donors (Lipinski definition) is 3. The highest BCUT2D eigenvalue weighted by Gasteiger charge is 2.11. The first-order chi connectivity index (χ1) is 6.04. The zero-order valence-corrected chi connectivity index (χ0v) is 8.00. The minimum atomic E-state index is -0.654. The molecule has 0 aliphatic heterocycles. The molecule has 0 aromatic heterocycles. The van der Waals surface area contributed by atoms with Gasteiger partial charge in [0.1, 0.15) is 5.71 Å². The predicted molar refractivity (Wildman–Crippen MR) is 52.9 cm³/mol. The van der Waals surface area contributed by atoms with Gasteiger partial charge in [0, 0.05) is 12.7 Å². The molecule has 0 aliphatic carbocycles. The van der Waals surface area contributed by atoms with E-state index in [4.69, 9.17) is 17.2 Å². The fourth-order valence-corrected chi connectivity index (χ4v) is 0.919. The van der Waals surface area contributed by atoms with E-state index in [1.807, 2.05) is 6.92 Å². The maximum atomic E-state index is 10.8.